The van der Waals surface area contributed by atoms with E-state index < -0.39 is 0 Å². The van der Waals surface area contributed by atoms with E-state index in [1.54, 1.807) is 30.3 Å². The molecule has 2 heterocycles. The van der Waals surface area contributed by atoms with Gasteiger partial charge in [-0.1, -0.05) is 24.8 Å². The number of hydrogen-bond donors (Lipinski definition) is 0. The van der Waals surface area contributed by atoms with Crippen molar-refractivity contribution >= 4 is 17.0 Å². The summed E-state index contributed by atoms with van der Waals surface area (Å²) in [6, 6.07) is 10.6. The fourth-order valence-corrected chi connectivity index (χ4v) is 1.93. The number of fused-ring (bicyclic) bond motifs is 1. The van der Waals surface area contributed by atoms with E-state index in [0.717, 1.165) is 0 Å². The van der Waals surface area contributed by atoms with Crippen LogP contribution in [0.4, 0.5) is 0 Å². The van der Waals surface area contributed by atoms with Crippen molar-refractivity contribution in [3.8, 4) is 11.5 Å². The molecule has 0 fully saturated rings. The van der Waals surface area contributed by atoms with Gasteiger partial charge in [0.05, 0.1) is 17.2 Å². The summed E-state index contributed by atoms with van der Waals surface area (Å²) in [6.45, 7) is 3.67. The quantitative estimate of drug-likeness (QED) is 0.683. The monoisotopic (exact) mass is 238 g/mol. The molecule has 3 rings (SSSR count). The van der Waals surface area contributed by atoms with Crippen LogP contribution in [0.3, 0.4) is 0 Å². The Morgan fingerprint density at radius 2 is 1.94 bits per heavy atom. The van der Waals surface area contributed by atoms with Gasteiger partial charge in [-0.2, -0.15) is 0 Å². The van der Waals surface area contributed by atoms with Crippen molar-refractivity contribution in [3.63, 3.8) is 0 Å². The van der Waals surface area contributed by atoms with Crippen LogP contribution in [0.15, 0.2) is 62.9 Å². The molecule has 0 spiro atoms. The third-order valence-corrected chi connectivity index (χ3v) is 2.78. The van der Waals surface area contributed by atoms with E-state index in [0.29, 0.717) is 28.1 Å². The summed E-state index contributed by atoms with van der Waals surface area (Å²) in [5.74, 6) is 0.937. The molecular formula is C15H10O3. The van der Waals surface area contributed by atoms with E-state index in [1.807, 2.05) is 6.07 Å². The Kier molecular flexibility index (Phi) is 2.38. The highest BCUT2D eigenvalue weighted by Gasteiger charge is 2.15. The fraction of sp³-hybridized carbons (Fsp3) is 0. The number of rotatable bonds is 2. The van der Waals surface area contributed by atoms with Gasteiger partial charge in [0.25, 0.3) is 0 Å². The lowest BCUT2D eigenvalue weighted by Gasteiger charge is -2.04. The highest BCUT2D eigenvalue weighted by atomic mass is 16.4. The lowest BCUT2D eigenvalue weighted by Crippen LogP contribution is -2.06. The van der Waals surface area contributed by atoms with Crippen LogP contribution in [0.25, 0.3) is 28.6 Å². The standard InChI is InChI=1S/C15H10O3/c1-2-10-14(16)11-6-3-4-7-12(11)18-15(10)13-8-5-9-17-13/h2-9H,1H2. The lowest BCUT2D eigenvalue weighted by atomic mass is 10.1. The smallest absolute Gasteiger partial charge is 0.200 e. The molecule has 88 valence electrons. The Labute approximate surface area is 103 Å². The van der Waals surface area contributed by atoms with Crippen molar-refractivity contribution < 1.29 is 8.83 Å². The second-order valence-corrected chi connectivity index (χ2v) is 3.85. The zero-order valence-electron chi connectivity index (χ0n) is 9.55. The van der Waals surface area contributed by atoms with E-state index in [2.05, 4.69) is 6.58 Å². The third-order valence-electron chi connectivity index (χ3n) is 2.78. The molecule has 0 N–H and O–H groups in total. The van der Waals surface area contributed by atoms with Crippen LogP contribution >= 0.6 is 0 Å². The lowest BCUT2D eigenvalue weighted by molar-refractivity contribution is 0.536. The van der Waals surface area contributed by atoms with Gasteiger partial charge in [-0.15, -0.1) is 0 Å². The average Bonchev–Trinajstić information content (AvgIpc) is 2.92. The van der Waals surface area contributed by atoms with Crippen molar-refractivity contribution in [2.24, 2.45) is 0 Å². The van der Waals surface area contributed by atoms with E-state index in [9.17, 15) is 4.79 Å². The minimum absolute atomic E-state index is 0.0988. The summed E-state index contributed by atoms with van der Waals surface area (Å²) in [6.07, 6.45) is 3.04. The molecule has 0 aliphatic heterocycles. The van der Waals surface area contributed by atoms with Gasteiger partial charge in [0, 0.05) is 0 Å². The molecule has 3 heteroatoms. The summed E-state index contributed by atoms with van der Waals surface area (Å²) in [7, 11) is 0. The molecule has 0 bridgehead atoms. The molecule has 0 radical (unpaired) electrons. The van der Waals surface area contributed by atoms with Gasteiger partial charge in [0.15, 0.2) is 11.5 Å². The number of benzene rings is 1. The first-order chi connectivity index (χ1) is 8.81. The van der Waals surface area contributed by atoms with Crippen molar-refractivity contribution in [2.45, 2.75) is 0 Å². The average molecular weight is 238 g/mol. The van der Waals surface area contributed by atoms with Crippen LogP contribution in [0.5, 0.6) is 0 Å². The first-order valence-electron chi connectivity index (χ1n) is 5.53. The largest absolute Gasteiger partial charge is 0.461 e. The zero-order valence-corrected chi connectivity index (χ0v) is 9.55. The van der Waals surface area contributed by atoms with Crippen molar-refractivity contribution in [1.29, 1.82) is 0 Å². The summed E-state index contributed by atoms with van der Waals surface area (Å²) in [5.41, 5.74) is 0.862. The molecule has 2 aromatic heterocycles. The van der Waals surface area contributed by atoms with Gasteiger partial charge < -0.3 is 8.83 Å². The molecule has 3 aromatic rings. The molecule has 3 nitrogen and oxygen atoms in total. The van der Waals surface area contributed by atoms with Crippen molar-refractivity contribution in [3.05, 3.63) is 65.0 Å². The minimum atomic E-state index is -0.0988. The Hall–Kier alpha value is -2.55. The second-order valence-electron chi connectivity index (χ2n) is 3.85. The summed E-state index contributed by atoms with van der Waals surface area (Å²) in [4.78, 5) is 12.3. The fourth-order valence-electron chi connectivity index (χ4n) is 1.93. The molecule has 0 saturated carbocycles. The minimum Gasteiger partial charge on any atom is -0.461 e. The summed E-state index contributed by atoms with van der Waals surface area (Å²) < 4.78 is 11.0. The van der Waals surface area contributed by atoms with E-state index in [1.165, 1.54) is 12.3 Å². The highest BCUT2D eigenvalue weighted by molar-refractivity contribution is 5.82. The van der Waals surface area contributed by atoms with Crippen LogP contribution in [0, 0.1) is 0 Å². The van der Waals surface area contributed by atoms with Gasteiger partial charge >= 0.3 is 0 Å². The molecular weight excluding hydrogens is 228 g/mol. The topological polar surface area (TPSA) is 43.4 Å². The summed E-state index contributed by atoms with van der Waals surface area (Å²) >= 11 is 0. The second kappa shape index (κ2) is 4.04. The van der Waals surface area contributed by atoms with E-state index in [-0.39, 0.29) is 5.43 Å². The van der Waals surface area contributed by atoms with Gasteiger partial charge in [-0.25, -0.2) is 0 Å². The number of hydrogen-bond acceptors (Lipinski definition) is 3. The molecule has 0 atom stereocenters. The molecule has 0 aliphatic rings. The predicted molar refractivity (Wildman–Crippen MR) is 70.3 cm³/mol. The van der Waals surface area contributed by atoms with Gasteiger partial charge in [0.2, 0.25) is 5.43 Å². The van der Waals surface area contributed by atoms with Gasteiger partial charge in [-0.05, 0) is 24.3 Å². The van der Waals surface area contributed by atoms with Crippen molar-refractivity contribution in [2.75, 3.05) is 0 Å². The molecule has 18 heavy (non-hydrogen) atoms. The Bertz CT molecular complexity index is 764. The first kappa shape index (κ1) is 10.6. The Morgan fingerprint density at radius 3 is 2.67 bits per heavy atom. The van der Waals surface area contributed by atoms with Crippen LogP contribution in [0.2, 0.25) is 0 Å². The Balaban J connectivity index is 2.45. The first-order valence-corrected chi connectivity index (χ1v) is 5.53. The van der Waals surface area contributed by atoms with Crippen molar-refractivity contribution in [1.82, 2.24) is 0 Å². The van der Waals surface area contributed by atoms with E-state index in [4.69, 9.17) is 8.83 Å². The maximum Gasteiger partial charge on any atom is 0.200 e. The van der Waals surface area contributed by atoms with Gasteiger partial charge in [0.1, 0.15) is 5.58 Å². The number of para-hydroxylation sites is 1. The van der Waals surface area contributed by atoms with Crippen LogP contribution < -0.4 is 5.43 Å². The maximum atomic E-state index is 12.3. The van der Waals surface area contributed by atoms with Crippen LogP contribution in [-0.4, -0.2) is 0 Å². The molecule has 0 unspecified atom stereocenters. The third kappa shape index (κ3) is 1.49. The molecule has 1 aromatic carbocycles. The molecule has 0 saturated heterocycles. The van der Waals surface area contributed by atoms with Crippen LogP contribution in [0.1, 0.15) is 5.56 Å². The molecule has 0 amide bonds. The predicted octanol–water partition coefficient (Wildman–Crippen LogP) is 3.70. The normalized spacial score (nSPS) is 10.7. The molecule has 0 aliphatic carbocycles. The number of furan rings is 1. The Morgan fingerprint density at radius 1 is 1.11 bits per heavy atom. The highest BCUT2D eigenvalue weighted by Crippen LogP contribution is 2.26. The maximum absolute atomic E-state index is 12.3. The summed E-state index contributed by atoms with van der Waals surface area (Å²) in [5, 5.41) is 0.544. The van der Waals surface area contributed by atoms with Gasteiger partial charge in [-0.3, -0.25) is 4.79 Å². The van der Waals surface area contributed by atoms with E-state index >= 15 is 0 Å². The van der Waals surface area contributed by atoms with Crippen LogP contribution in [-0.2, 0) is 0 Å². The zero-order chi connectivity index (χ0) is 12.5. The SMILES string of the molecule is C=Cc1c(-c2ccco2)oc2ccccc2c1=O.